The van der Waals surface area contributed by atoms with Crippen molar-refractivity contribution in [1.82, 2.24) is 0 Å². The fourth-order valence-corrected chi connectivity index (χ4v) is 3.36. The summed E-state index contributed by atoms with van der Waals surface area (Å²) in [6.07, 6.45) is 3.35. The molecule has 16 heavy (non-hydrogen) atoms. The van der Waals surface area contributed by atoms with E-state index < -0.39 is 0 Å². The first-order valence-electron chi connectivity index (χ1n) is 5.74. The van der Waals surface area contributed by atoms with Crippen LogP contribution in [0, 0.1) is 5.92 Å². The van der Waals surface area contributed by atoms with Gasteiger partial charge in [0.05, 0.1) is 6.61 Å². The van der Waals surface area contributed by atoms with Gasteiger partial charge in [-0.1, -0.05) is 45.2 Å². The average Bonchev–Trinajstić information content (AvgIpc) is 2.73. The van der Waals surface area contributed by atoms with Crippen molar-refractivity contribution in [3.8, 4) is 5.75 Å². The zero-order chi connectivity index (χ0) is 11.5. The van der Waals surface area contributed by atoms with Crippen LogP contribution >= 0.6 is 31.9 Å². The number of benzene rings is 1. The first-order chi connectivity index (χ1) is 7.74. The van der Waals surface area contributed by atoms with Crippen LogP contribution in [0.25, 0.3) is 0 Å². The van der Waals surface area contributed by atoms with Crippen LogP contribution in [0.4, 0.5) is 0 Å². The standard InChI is InChI=1S/C13H16Br2O/c1-2-9(8-14)5-11-7-12(15)6-10-3-4-16-13(10)11/h6-7,9H,2-5,8H2,1H3. The Morgan fingerprint density at radius 3 is 2.94 bits per heavy atom. The monoisotopic (exact) mass is 346 g/mol. The molecule has 1 aromatic rings. The maximum atomic E-state index is 5.74. The topological polar surface area (TPSA) is 9.23 Å². The summed E-state index contributed by atoms with van der Waals surface area (Å²) < 4.78 is 6.92. The molecule has 0 N–H and O–H groups in total. The van der Waals surface area contributed by atoms with Crippen molar-refractivity contribution >= 4 is 31.9 Å². The molecule has 0 spiro atoms. The van der Waals surface area contributed by atoms with Crippen molar-refractivity contribution in [3.63, 3.8) is 0 Å². The van der Waals surface area contributed by atoms with Crippen molar-refractivity contribution < 1.29 is 4.74 Å². The van der Waals surface area contributed by atoms with Gasteiger partial charge < -0.3 is 4.74 Å². The smallest absolute Gasteiger partial charge is 0.125 e. The van der Waals surface area contributed by atoms with Gasteiger partial charge in [0.25, 0.3) is 0 Å². The minimum atomic E-state index is 0.697. The third-order valence-corrected chi connectivity index (χ3v) is 4.50. The highest BCUT2D eigenvalue weighted by Crippen LogP contribution is 2.34. The Morgan fingerprint density at radius 2 is 2.25 bits per heavy atom. The van der Waals surface area contributed by atoms with Crippen molar-refractivity contribution in [2.24, 2.45) is 5.92 Å². The second-order valence-corrected chi connectivity index (χ2v) is 5.85. The normalized spacial score (nSPS) is 15.7. The zero-order valence-electron chi connectivity index (χ0n) is 9.43. The van der Waals surface area contributed by atoms with E-state index in [1.54, 1.807) is 0 Å². The van der Waals surface area contributed by atoms with E-state index in [1.807, 2.05) is 0 Å². The van der Waals surface area contributed by atoms with Gasteiger partial charge in [-0.3, -0.25) is 0 Å². The van der Waals surface area contributed by atoms with Crippen molar-refractivity contribution in [2.75, 3.05) is 11.9 Å². The number of alkyl halides is 1. The lowest BCUT2D eigenvalue weighted by atomic mass is 9.96. The predicted molar refractivity (Wildman–Crippen MR) is 74.6 cm³/mol. The van der Waals surface area contributed by atoms with Gasteiger partial charge in [-0.15, -0.1) is 0 Å². The summed E-state index contributed by atoms with van der Waals surface area (Å²) in [5, 5.41) is 1.06. The van der Waals surface area contributed by atoms with Gasteiger partial charge in [0.1, 0.15) is 5.75 Å². The molecule has 1 nitrogen and oxygen atoms in total. The first-order valence-corrected chi connectivity index (χ1v) is 7.66. The fourth-order valence-electron chi connectivity index (χ4n) is 2.12. The van der Waals surface area contributed by atoms with Crippen LogP contribution in [0.3, 0.4) is 0 Å². The molecule has 0 fully saturated rings. The molecule has 1 heterocycles. The Bertz CT molecular complexity index is 372. The van der Waals surface area contributed by atoms with Crippen LogP contribution in [-0.4, -0.2) is 11.9 Å². The summed E-state index contributed by atoms with van der Waals surface area (Å²) in [7, 11) is 0. The van der Waals surface area contributed by atoms with Gasteiger partial charge >= 0.3 is 0 Å². The fraction of sp³-hybridized carbons (Fsp3) is 0.538. The lowest BCUT2D eigenvalue weighted by Crippen LogP contribution is -2.05. The van der Waals surface area contributed by atoms with Gasteiger partial charge in [0.2, 0.25) is 0 Å². The van der Waals surface area contributed by atoms with E-state index in [4.69, 9.17) is 4.74 Å². The largest absolute Gasteiger partial charge is 0.493 e. The molecule has 1 aliphatic rings. The summed E-state index contributed by atoms with van der Waals surface area (Å²) in [4.78, 5) is 0. The lowest BCUT2D eigenvalue weighted by molar-refractivity contribution is 0.351. The maximum absolute atomic E-state index is 5.74. The minimum Gasteiger partial charge on any atom is -0.493 e. The summed E-state index contributed by atoms with van der Waals surface area (Å²) in [6.45, 7) is 3.08. The molecule has 2 rings (SSSR count). The maximum Gasteiger partial charge on any atom is 0.125 e. The molecule has 0 radical (unpaired) electrons. The highest BCUT2D eigenvalue weighted by atomic mass is 79.9. The second kappa shape index (κ2) is 5.54. The molecule has 0 saturated carbocycles. The van der Waals surface area contributed by atoms with Gasteiger partial charge in [-0.05, 0) is 35.6 Å². The van der Waals surface area contributed by atoms with Crippen molar-refractivity contribution in [1.29, 1.82) is 0 Å². The Balaban J connectivity index is 2.26. The van der Waals surface area contributed by atoms with Gasteiger partial charge in [-0.2, -0.15) is 0 Å². The van der Waals surface area contributed by atoms with E-state index in [0.717, 1.165) is 30.5 Å². The van der Waals surface area contributed by atoms with E-state index in [-0.39, 0.29) is 0 Å². The van der Waals surface area contributed by atoms with Crippen LogP contribution in [0.5, 0.6) is 5.75 Å². The Kier molecular flexibility index (Phi) is 4.31. The molecular formula is C13H16Br2O. The van der Waals surface area contributed by atoms with E-state index in [1.165, 1.54) is 22.0 Å². The van der Waals surface area contributed by atoms with Crippen LogP contribution in [0.1, 0.15) is 24.5 Å². The summed E-state index contributed by atoms with van der Waals surface area (Å²) in [5.74, 6) is 1.84. The molecule has 1 aromatic carbocycles. The molecule has 1 aliphatic heterocycles. The Morgan fingerprint density at radius 1 is 1.44 bits per heavy atom. The number of halogens is 2. The number of hydrogen-bond acceptors (Lipinski definition) is 1. The average molecular weight is 348 g/mol. The van der Waals surface area contributed by atoms with Crippen molar-refractivity contribution in [2.45, 2.75) is 26.2 Å². The highest BCUT2D eigenvalue weighted by Gasteiger charge is 2.19. The number of hydrogen-bond donors (Lipinski definition) is 0. The summed E-state index contributed by atoms with van der Waals surface area (Å²) >= 11 is 7.16. The van der Waals surface area contributed by atoms with Gasteiger partial charge in [0, 0.05) is 16.2 Å². The third-order valence-electron chi connectivity index (χ3n) is 3.13. The molecule has 1 unspecified atom stereocenters. The Hall–Kier alpha value is -0.0200. The van der Waals surface area contributed by atoms with E-state index in [2.05, 4.69) is 50.9 Å². The minimum absolute atomic E-state index is 0.697. The van der Waals surface area contributed by atoms with E-state index in [9.17, 15) is 0 Å². The number of rotatable bonds is 4. The molecule has 0 amide bonds. The van der Waals surface area contributed by atoms with Crippen molar-refractivity contribution in [3.05, 3.63) is 27.7 Å². The van der Waals surface area contributed by atoms with Crippen LogP contribution in [-0.2, 0) is 12.8 Å². The SMILES string of the molecule is CCC(CBr)Cc1cc(Br)cc2c1OCC2. The quantitative estimate of drug-likeness (QED) is 0.736. The highest BCUT2D eigenvalue weighted by molar-refractivity contribution is 9.10. The van der Waals surface area contributed by atoms with Gasteiger partial charge in [-0.25, -0.2) is 0 Å². The second-order valence-electron chi connectivity index (χ2n) is 4.28. The molecule has 1 atom stereocenters. The first kappa shape index (κ1) is 12.4. The van der Waals surface area contributed by atoms with Gasteiger partial charge in [0.15, 0.2) is 0 Å². The molecule has 0 saturated heterocycles. The molecule has 0 aromatic heterocycles. The molecule has 88 valence electrons. The molecular weight excluding hydrogens is 332 g/mol. The number of ether oxygens (including phenoxy) is 1. The lowest BCUT2D eigenvalue weighted by Gasteiger charge is -2.14. The van der Waals surface area contributed by atoms with Crippen LogP contribution in [0.15, 0.2) is 16.6 Å². The Labute approximate surface area is 114 Å². The van der Waals surface area contributed by atoms with E-state index in [0.29, 0.717) is 5.92 Å². The summed E-state index contributed by atoms with van der Waals surface area (Å²) in [6, 6.07) is 4.39. The molecule has 0 aliphatic carbocycles. The van der Waals surface area contributed by atoms with Crippen LogP contribution in [0.2, 0.25) is 0 Å². The van der Waals surface area contributed by atoms with Crippen LogP contribution < -0.4 is 4.74 Å². The summed E-state index contributed by atoms with van der Waals surface area (Å²) in [5.41, 5.74) is 2.71. The molecule has 0 bridgehead atoms. The zero-order valence-corrected chi connectivity index (χ0v) is 12.6. The van der Waals surface area contributed by atoms with E-state index >= 15 is 0 Å². The molecule has 3 heteroatoms. The predicted octanol–water partition coefficient (Wildman–Crippen LogP) is 4.35. The third kappa shape index (κ3) is 2.62. The number of fused-ring (bicyclic) bond motifs is 1.